The van der Waals surface area contributed by atoms with Crippen LogP contribution in [0.15, 0.2) is 175 Å². The SMILES string of the molecule is c1ccc(N2C3=C(SC4CCCCC34)N3C4CC5C(CC4OC4CC(n6ccc7ccccc76)CC2C43)N(c2ccccc2)C2CC(n3ccc4ccccc43)CC3C2N5C2CCCCC2N3c2ccccc2)cc1. The van der Waals surface area contributed by atoms with Gasteiger partial charge in [0.15, 0.2) is 0 Å². The van der Waals surface area contributed by atoms with Gasteiger partial charge in [-0.25, -0.2) is 0 Å². The first-order valence-corrected chi connectivity index (χ1v) is 30.3. The summed E-state index contributed by atoms with van der Waals surface area (Å²) < 4.78 is 13.5. The first-order valence-electron chi connectivity index (χ1n) is 29.5. The summed E-state index contributed by atoms with van der Waals surface area (Å²) in [5.41, 5.74) is 8.64. The van der Waals surface area contributed by atoms with E-state index in [1.165, 1.54) is 90.2 Å². The van der Waals surface area contributed by atoms with Gasteiger partial charge in [-0.2, -0.15) is 0 Å². The van der Waals surface area contributed by atoms with Gasteiger partial charge in [0.25, 0.3) is 0 Å². The number of piperazine rings is 2. The first kappa shape index (κ1) is 44.5. The Morgan fingerprint density at radius 2 is 0.960 bits per heavy atom. The standard InChI is InChI=1S/C66H71N7OS/c1-4-20-44(21-5-1)69-52-29-15-16-30-53(52)72-54-40-56-60(41-55(54)70(45-22-6-2-7-23-45)58-37-47(36-57(69)64(58)72)67-34-32-42-18-10-13-27-50(42)67)74-61-39-48(68-35-33-43-19-11-14-28-51(43)68)38-59-65(61)73(56)66-63(49-26-12-17-31-62(49)75-66)71(59)46-24-8-3-9-25-46/h1-11,13-14,18-25,27-28,32-35,47-49,52-62,64-65H,12,15-17,26,29-31,36-41H2. The summed E-state index contributed by atoms with van der Waals surface area (Å²) in [6, 6.07) is 62.8. The van der Waals surface area contributed by atoms with Crippen molar-refractivity contribution in [2.75, 3.05) is 14.7 Å². The van der Waals surface area contributed by atoms with Crippen LogP contribution >= 0.6 is 11.8 Å². The van der Waals surface area contributed by atoms with Crippen molar-refractivity contribution in [3.63, 3.8) is 0 Å². The molecule has 3 saturated heterocycles. The highest BCUT2D eigenvalue weighted by Gasteiger charge is 2.66. The highest BCUT2D eigenvalue weighted by molar-refractivity contribution is 8.03. The fraction of sp³-hybridized carbons (Fsp3) is 0.455. The van der Waals surface area contributed by atoms with E-state index in [1.807, 2.05) is 0 Å². The second-order valence-corrected chi connectivity index (χ2v) is 25.8. The average Bonchev–Trinajstić information content (AvgIpc) is 4.31. The fourth-order valence-electron chi connectivity index (χ4n) is 18.7. The van der Waals surface area contributed by atoms with Crippen molar-refractivity contribution in [3.8, 4) is 0 Å². The molecular formula is C66H71N7OS. The second kappa shape index (κ2) is 17.5. The highest BCUT2D eigenvalue weighted by Crippen LogP contribution is 2.62. The van der Waals surface area contributed by atoms with E-state index >= 15 is 0 Å². The van der Waals surface area contributed by atoms with Gasteiger partial charge in [0, 0.05) is 100.0 Å². The zero-order valence-electron chi connectivity index (χ0n) is 43.2. The van der Waals surface area contributed by atoms with Crippen LogP contribution in [0.1, 0.15) is 102 Å². The van der Waals surface area contributed by atoms with E-state index in [4.69, 9.17) is 4.74 Å². The van der Waals surface area contributed by atoms with Gasteiger partial charge >= 0.3 is 0 Å². The number of anilines is 3. The number of thioether (sulfide) groups is 1. The molecule has 8 nitrogen and oxygen atoms in total. The van der Waals surface area contributed by atoms with Crippen molar-refractivity contribution in [2.45, 2.75) is 180 Å². The average molecular weight is 1010 g/mol. The zero-order valence-corrected chi connectivity index (χ0v) is 44.0. The van der Waals surface area contributed by atoms with E-state index in [0.29, 0.717) is 83.7 Å². The van der Waals surface area contributed by atoms with Crippen molar-refractivity contribution in [3.05, 3.63) is 175 Å². The molecule has 0 amide bonds. The third-order valence-electron chi connectivity index (χ3n) is 21.3. The van der Waals surface area contributed by atoms with Crippen LogP contribution < -0.4 is 14.7 Å². The molecule has 10 aliphatic rings. The maximum Gasteiger partial charge on any atom is 0.0920 e. The van der Waals surface area contributed by atoms with Crippen LogP contribution in [0.2, 0.25) is 0 Å². The summed E-state index contributed by atoms with van der Waals surface area (Å²) in [7, 11) is 0. The molecule has 9 heteroatoms. The number of rotatable bonds is 5. The second-order valence-electron chi connectivity index (χ2n) is 24.6. The zero-order chi connectivity index (χ0) is 48.9. The molecule has 7 aromatic rings. The molecule has 5 aliphatic heterocycles. The van der Waals surface area contributed by atoms with Crippen LogP contribution in [-0.4, -0.2) is 96.8 Å². The normalized spacial score (nSPS) is 36.8. The van der Waals surface area contributed by atoms with Crippen LogP contribution in [0, 0.1) is 5.92 Å². The van der Waals surface area contributed by atoms with E-state index in [1.54, 1.807) is 10.7 Å². The Bertz CT molecular complexity index is 3280. The van der Waals surface area contributed by atoms with Crippen LogP contribution in [0.5, 0.6) is 0 Å². The predicted octanol–water partition coefficient (Wildman–Crippen LogP) is 13.4. The number of allylic oxidation sites excluding steroid dienone is 1. The Kier molecular flexibility index (Phi) is 10.4. The minimum atomic E-state index is 0.125. The van der Waals surface area contributed by atoms with E-state index in [-0.39, 0.29) is 12.2 Å². The Morgan fingerprint density at radius 1 is 0.400 bits per heavy atom. The summed E-state index contributed by atoms with van der Waals surface area (Å²) >= 11 is 2.31. The molecule has 0 spiro atoms. The Labute approximate surface area is 447 Å². The van der Waals surface area contributed by atoms with Crippen molar-refractivity contribution >= 4 is 50.6 Å². The monoisotopic (exact) mass is 1010 g/mol. The van der Waals surface area contributed by atoms with E-state index in [9.17, 15) is 0 Å². The van der Waals surface area contributed by atoms with Crippen LogP contribution in [0.25, 0.3) is 21.8 Å². The van der Waals surface area contributed by atoms with E-state index in [2.05, 4.69) is 209 Å². The maximum absolute atomic E-state index is 8.13. The number of nitrogens with zero attached hydrogens (tertiary/aromatic N) is 7. The third kappa shape index (κ3) is 6.68. The molecule has 8 fully saturated rings. The predicted molar refractivity (Wildman–Crippen MR) is 305 cm³/mol. The molecular weight excluding hydrogens is 939 g/mol. The van der Waals surface area contributed by atoms with Gasteiger partial charge in [0.05, 0.1) is 47.1 Å². The van der Waals surface area contributed by atoms with Gasteiger partial charge < -0.3 is 33.5 Å². The summed E-state index contributed by atoms with van der Waals surface area (Å²) in [4.78, 5) is 15.5. The molecule has 2 aromatic heterocycles. The van der Waals surface area contributed by atoms with Gasteiger partial charge in [-0.15, -0.1) is 11.8 Å². The van der Waals surface area contributed by atoms with Crippen LogP contribution in [0.4, 0.5) is 17.1 Å². The number of morpholine rings is 1. The number of aromatic nitrogens is 2. The van der Waals surface area contributed by atoms with Crippen LogP contribution in [0.3, 0.4) is 0 Å². The summed E-state index contributed by atoms with van der Waals surface area (Å²) in [5, 5.41) is 4.99. The molecule has 0 N–H and O–H groups in total. The van der Waals surface area contributed by atoms with Crippen molar-refractivity contribution in [1.29, 1.82) is 0 Å². The molecule has 5 aliphatic carbocycles. The van der Waals surface area contributed by atoms with Gasteiger partial charge in [0.1, 0.15) is 0 Å². The fourth-order valence-corrected chi connectivity index (χ4v) is 20.4. The quantitative estimate of drug-likeness (QED) is 0.170. The third-order valence-corrected chi connectivity index (χ3v) is 22.8. The highest BCUT2D eigenvalue weighted by atomic mass is 32.2. The lowest BCUT2D eigenvalue weighted by molar-refractivity contribution is -0.194. The molecule has 0 radical (unpaired) electrons. The van der Waals surface area contributed by atoms with Gasteiger partial charge in [-0.05, 0) is 136 Å². The minimum absolute atomic E-state index is 0.125. The molecule has 7 heterocycles. The molecule has 382 valence electrons. The Morgan fingerprint density at radius 3 is 1.64 bits per heavy atom. The largest absolute Gasteiger partial charge is 0.370 e. The Hall–Kier alpha value is -5.61. The molecule has 5 saturated carbocycles. The smallest absolute Gasteiger partial charge is 0.0920 e. The lowest BCUT2D eigenvalue weighted by Gasteiger charge is -2.72. The molecule has 16 unspecified atom stereocenters. The van der Waals surface area contributed by atoms with Gasteiger partial charge in [0.2, 0.25) is 0 Å². The molecule has 16 atom stereocenters. The summed E-state index contributed by atoms with van der Waals surface area (Å²) in [6.07, 6.45) is 22.3. The summed E-state index contributed by atoms with van der Waals surface area (Å²) in [5.74, 6) is 0.593. The number of ether oxygens (including phenoxy) is 1. The number of hydrogen-bond donors (Lipinski definition) is 0. The number of fused-ring (bicyclic) bond motifs is 11. The number of para-hydroxylation sites is 5. The minimum Gasteiger partial charge on any atom is -0.370 e. The maximum atomic E-state index is 8.13. The number of benzene rings is 5. The van der Waals surface area contributed by atoms with Crippen LogP contribution in [-0.2, 0) is 4.74 Å². The molecule has 75 heavy (non-hydrogen) atoms. The molecule has 17 rings (SSSR count). The topological polar surface area (TPSA) is 35.3 Å². The van der Waals surface area contributed by atoms with Crippen molar-refractivity contribution in [1.82, 2.24) is 18.9 Å². The lowest BCUT2D eigenvalue weighted by atomic mass is 9.66. The van der Waals surface area contributed by atoms with E-state index in [0.717, 1.165) is 38.5 Å². The molecule has 0 bridgehead atoms. The van der Waals surface area contributed by atoms with E-state index < -0.39 is 0 Å². The van der Waals surface area contributed by atoms with Crippen molar-refractivity contribution < 1.29 is 4.74 Å². The summed E-state index contributed by atoms with van der Waals surface area (Å²) in [6.45, 7) is 0. The number of hydrogen-bond acceptors (Lipinski definition) is 7. The molecule has 5 aromatic carbocycles. The van der Waals surface area contributed by atoms with Gasteiger partial charge in [-0.1, -0.05) is 117 Å². The Balaban J connectivity index is 0.837. The lowest BCUT2D eigenvalue weighted by Crippen LogP contribution is -2.84. The van der Waals surface area contributed by atoms with Crippen molar-refractivity contribution in [2.24, 2.45) is 5.92 Å². The van der Waals surface area contributed by atoms with Gasteiger partial charge in [-0.3, -0.25) is 4.90 Å². The first-order chi connectivity index (χ1) is 37.2.